The molecule has 1 aliphatic heterocycles. The maximum absolute atomic E-state index is 3.98. The lowest BCUT2D eigenvalue weighted by Crippen LogP contribution is -2.22. The van der Waals surface area contributed by atoms with Gasteiger partial charge in [0.15, 0.2) is 0 Å². The van der Waals surface area contributed by atoms with E-state index in [-0.39, 0.29) is 0 Å². The lowest BCUT2D eigenvalue weighted by molar-refractivity contribution is 0.810. The molecule has 1 aromatic rings. The van der Waals surface area contributed by atoms with E-state index in [0.717, 1.165) is 17.5 Å². The van der Waals surface area contributed by atoms with Crippen molar-refractivity contribution < 1.29 is 0 Å². The molecule has 1 aliphatic carbocycles. The molecule has 3 heteroatoms. The van der Waals surface area contributed by atoms with Gasteiger partial charge in [0.05, 0.1) is 17.6 Å². The molecule has 13 heavy (non-hydrogen) atoms. The third-order valence-corrected chi connectivity index (χ3v) is 3.11. The molecule has 0 N–H and O–H groups in total. The fraction of sp³-hybridized carbons (Fsp3) is 0.600. The summed E-state index contributed by atoms with van der Waals surface area (Å²) in [7, 11) is 0. The van der Waals surface area contributed by atoms with Gasteiger partial charge in [-0.15, -0.1) is 0 Å². The van der Waals surface area contributed by atoms with Crippen molar-refractivity contribution in [2.45, 2.75) is 13.3 Å². The standard InChI is InChI=1S/C10H13N3/c1-7-2-10(4-11-12-7)13-5-8-3-9(8)6-13/h2,4,8-9H,3,5-6H2,1H3. The first kappa shape index (κ1) is 7.30. The second-order valence-electron chi connectivity index (χ2n) is 4.22. The predicted molar refractivity (Wildman–Crippen MR) is 50.6 cm³/mol. The van der Waals surface area contributed by atoms with Gasteiger partial charge in [0, 0.05) is 13.1 Å². The van der Waals surface area contributed by atoms with Crippen LogP contribution in [-0.4, -0.2) is 23.3 Å². The lowest BCUT2D eigenvalue weighted by Gasteiger charge is -2.19. The zero-order valence-corrected chi connectivity index (χ0v) is 7.77. The second kappa shape index (κ2) is 2.44. The van der Waals surface area contributed by atoms with Crippen LogP contribution in [0.1, 0.15) is 12.1 Å². The molecule has 2 atom stereocenters. The molecule has 0 bridgehead atoms. The molecule has 3 rings (SSSR count). The lowest BCUT2D eigenvalue weighted by atomic mass is 10.3. The summed E-state index contributed by atoms with van der Waals surface area (Å²) >= 11 is 0. The second-order valence-corrected chi connectivity index (χ2v) is 4.22. The van der Waals surface area contributed by atoms with Crippen LogP contribution in [0.2, 0.25) is 0 Å². The van der Waals surface area contributed by atoms with Gasteiger partial charge in [-0.2, -0.15) is 10.2 Å². The first-order chi connectivity index (χ1) is 6.33. The van der Waals surface area contributed by atoms with Crippen LogP contribution < -0.4 is 4.90 Å². The zero-order chi connectivity index (χ0) is 8.84. The Hall–Kier alpha value is -1.12. The molecule has 0 aromatic carbocycles. The van der Waals surface area contributed by atoms with E-state index in [9.17, 15) is 0 Å². The number of anilines is 1. The minimum atomic E-state index is 0.980. The van der Waals surface area contributed by atoms with E-state index in [0.29, 0.717) is 0 Å². The minimum absolute atomic E-state index is 0.980. The molecule has 0 amide bonds. The summed E-state index contributed by atoms with van der Waals surface area (Å²) in [5, 5.41) is 7.94. The number of aryl methyl sites for hydroxylation is 1. The highest BCUT2D eigenvalue weighted by Gasteiger charge is 2.45. The maximum Gasteiger partial charge on any atom is 0.0730 e. The molecule has 2 heterocycles. The summed E-state index contributed by atoms with van der Waals surface area (Å²) in [5.41, 5.74) is 2.26. The SMILES string of the molecule is Cc1cc(N2CC3CC3C2)cnn1. The summed E-state index contributed by atoms with van der Waals surface area (Å²) in [6.45, 7) is 4.46. The van der Waals surface area contributed by atoms with Crippen LogP contribution >= 0.6 is 0 Å². The highest BCUT2D eigenvalue weighted by molar-refractivity contribution is 5.46. The van der Waals surface area contributed by atoms with E-state index in [1.165, 1.54) is 25.2 Å². The molecule has 1 aromatic heterocycles. The highest BCUT2D eigenvalue weighted by atomic mass is 15.2. The Morgan fingerprint density at radius 3 is 2.85 bits per heavy atom. The number of hydrogen-bond donors (Lipinski definition) is 0. The van der Waals surface area contributed by atoms with Crippen molar-refractivity contribution in [3.8, 4) is 0 Å². The predicted octanol–water partition coefficient (Wildman–Crippen LogP) is 1.24. The molecule has 3 nitrogen and oxygen atoms in total. The summed E-state index contributed by atoms with van der Waals surface area (Å²) in [6, 6.07) is 2.12. The third kappa shape index (κ3) is 1.19. The van der Waals surface area contributed by atoms with E-state index in [1.54, 1.807) is 0 Å². The van der Waals surface area contributed by atoms with Gasteiger partial charge in [-0.1, -0.05) is 0 Å². The molecule has 1 saturated heterocycles. The van der Waals surface area contributed by atoms with Crippen molar-refractivity contribution in [2.24, 2.45) is 11.8 Å². The largest absolute Gasteiger partial charge is 0.370 e. The van der Waals surface area contributed by atoms with Crippen molar-refractivity contribution in [1.29, 1.82) is 0 Å². The topological polar surface area (TPSA) is 29.0 Å². The number of nitrogens with zero attached hydrogens (tertiary/aromatic N) is 3. The number of rotatable bonds is 1. The molecule has 0 spiro atoms. The Kier molecular flexibility index (Phi) is 1.37. The van der Waals surface area contributed by atoms with Gasteiger partial charge in [-0.05, 0) is 31.2 Å². The number of fused-ring (bicyclic) bond motifs is 1. The Labute approximate surface area is 77.8 Å². The average molecular weight is 175 g/mol. The van der Waals surface area contributed by atoms with Gasteiger partial charge < -0.3 is 4.90 Å². The maximum atomic E-state index is 3.98. The van der Waals surface area contributed by atoms with Gasteiger partial charge in [0.1, 0.15) is 0 Å². The van der Waals surface area contributed by atoms with Crippen LogP contribution in [0.4, 0.5) is 5.69 Å². The van der Waals surface area contributed by atoms with E-state index >= 15 is 0 Å². The molecule has 1 saturated carbocycles. The smallest absolute Gasteiger partial charge is 0.0730 e. The van der Waals surface area contributed by atoms with E-state index in [2.05, 4.69) is 21.2 Å². The highest BCUT2D eigenvalue weighted by Crippen LogP contribution is 2.46. The van der Waals surface area contributed by atoms with Crippen molar-refractivity contribution >= 4 is 5.69 Å². The molecule has 68 valence electrons. The van der Waals surface area contributed by atoms with Crippen LogP contribution in [0.5, 0.6) is 0 Å². The van der Waals surface area contributed by atoms with E-state index < -0.39 is 0 Å². The van der Waals surface area contributed by atoms with Crippen molar-refractivity contribution in [3.05, 3.63) is 18.0 Å². The van der Waals surface area contributed by atoms with Crippen LogP contribution in [0.25, 0.3) is 0 Å². The third-order valence-electron chi connectivity index (χ3n) is 3.11. The van der Waals surface area contributed by atoms with E-state index in [4.69, 9.17) is 0 Å². The molecular formula is C10H13N3. The zero-order valence-electron chi connectivity index (χ0n) is 7.77. The summed E-state index contributed by atoms with van der Waals surface area (Å²) in [6.07, 6.45) is 3.33. The van der Waals surface area contributed by atoms with Gasteiger partial charge in [0.2, 0.25) is 0 Å². The van der Waals surface area contributed by atoms with Crippen LogP contribution in [0, 0.1) is 18.8 Å². The van der Waals surface area contributed by atoms with Gasteiger partial charge in [-0.3, -0.25) is 0 Å². The average Bonchev–Trinajstić information content (AvgIpc) is 2.74. The minimum Gasteiger partial charge on any atom is -0.370 e. The van der Waals surface area contributed by atoms with Crippen molar-refractivity contribution in [1.82, 2.24) is 10.2 Å². The van der Waals surface area contributed by atoms with E-state index in [1.807, 2.05) is 13.1 Å². The fourth-order valence-corrected chi connectivity index (χ4v) is 2.24. The number of hydrogen-bond acceptors (Lipinski definition) is 3. The van der Waals surface area contributed by atoms with Gasteiger partial charge in [0.25, 0.3) is 0 Å². The summed E-state index contributed by atoms with van der Waals surface area (Å²) < 4.78 is 0. The molecule has 2 unspecified atom stereocenters. The monoisotopic (exact) mass is 175 g/mol. The van der Waals surface area contributed by atoms with Gasteiger partial charge >= 0.3 is 0 Å². The van der Waals surface area contributed by atoms with Gasteiger partial charge in [-0.25, -0.2) is 0 Å². The van der Waals surface area contributed by atoms with Crippen LogP contribution in [-0.2, 0) is 0 Å². The number of piperidine rings is 1. The Balaban J connectivity index is 1.84. The molecule has 2 aliphatic rings. The summed E-state index contributed by atoms with van der Waals surface area (Å²) in [4.78, 5) is 2.43. The van der Waals surface area contributed by atoms with Crippen molar-refractivity contribution in [3.63, 3.8) is 0 Å². The quantitative estimate of drug-likeness (QED) is 0.643. The van der Waals surface area contributed by atoms with Crippen LogP contribution in [0.3, 0.4) is 0 Å². The normalized spacial score (nSPS) is 30.4. The van der Waals surface area contributed by atoms with Crippen LogP contribution in [0.15, 0.2) is 12.3 Å². The fourth-order valence-electron chi connectivity index (χ4n) is 2.24. The Bertz CT molecular complexity index is 327. The molecule has 2 fully saturated rings. The Morgan fingerprint density at radius 2 is 2.15 bits per heavy atom. The molecular weight excluding hydrogens is 162 g/mol. The Morgan fingerprint density at radius 1 is 1.38 bits per heavy atom. The molecule has 0 radical (unpaired) electrons. The number of aromatic nitrogens is 2. The first-order valence-electron chi connectivity index (χ1n) is 4.87. The summed E-state index contributed by atoms with van der Waals surface area (Å²) in [5.74, 6) is 1.96. The van der Waals surface area contributed by atoms with Crippen molar-refractivity contribution in [2.75, 3.05) is 18.0 Å². The first-order valence-corrected chi connectivity index (χ1v) is 4.87.